The van der Waals surface area contributed by atoms with E-state index in [9.17, 15) is 0 Å². The Morgan fingerprint density at radius 3 is 2.00 bits per heavy atom. The van der Waals surface area contributed by atoms with Crippen molar-refractivity contribution >= 4 is 12.6 Å². The van der Waals surface area contributed by atoms with Crippen LogP contribution in [0.2, 0.25) is 0 Å². The second kappa shape index (κ2) is 6.27. The molecule has 0 aliphatic heterocycles. The first-order valence-electron chi connectivity index (χ1n) is 5.91. The van der Waals surface area contributed by atoms with Gasteiger partial charge in [-0.1, -0.05) is 24.3 Å². The summed E-state index contributed by atoms with van der Waals surface area (Å²) in [5.74, 6) is 1.54. The Morgan fingerprint density at radius 2 is 1.47 bits per heavy atom. The van der Waals surface area contributed by atoms with Gasteiger partial charge < -0.3 is 19.5 Å². The molecule has 4 nitrogen and oxygen atoms in total. The van der Waals surface area contributed by atoms with Crippen LogP contribution in [0.5, 0.6) is 11.5 Å². The Labute approximate surface area is 112 Å². The Hall–Kier alpha value is -1.98. The second-order valence-corrected chi connectivity index (χ2v) is 4.08. The molecule has 0 unspecified atom stereocenters. The molecule has 0 bridgehead atoms. The van der Waals surface area contributed by atoms with Crippen molar-refractivity contribution in [2.75, 3.05) is 7.11 Å². The second-order valence-electron chi connectivity index (χ2n) is 4.08. The highest BCUT2D eigenvalue weighted by molar-refractivity contribution is 6.58. The zero-order valence-corrected chi connectivity index (χ0v) is 10.6. The largest absolute Gasteiger partial charge is 0.497 e. The van der Waals surface area contributed by atoms with Crippen molar-refractivity contribution in [3.8, 4) is 11.5 Å². The molecule has 0 atom stereocenters. The lowest BCUT2D eigenvalue weighted by Gasteiger charge is -2.08. The molecule has 0 saturated carbocycles. The van der Waals surface area contributed by atoms with E-state index in [1.165, 1.54) is 0 Å². The summed E-state index contributed by atoms with van der Waals surface area (Å²) < 4.78 is 10.7. The smallest absolute Gasteiger partial charge is 0.488 e. The van der Waals surface area contributed by atoms with Crippen LogP contribution in [-0.2, 0) is 6.61 Å². The highest BCUT2D eigenvalue weighted by Crippen LogP contribution is 2.18. The maximum absolute atomic E-state index is 8.98. The highest BCUT2D eigenvalue weighted by Gasteiger charge is 2.09. The number of rotatable bonds is 5. The van der Waals surface area contributed by atoms with Crippen molar-refractivity contribution < 1.29 is 19.5 Å². The van der Waals surface area contributed by atoms with Gasteiger partial charge in [-0.05, 0) is 35.3 Å². The van der Waals surface area contributed by atoms with Crippen LogP contribution >= 0.6 is 0 Å². The summed E-state index contributed by atoms with van der Waals surface area (Å²) in [6, 6.07) is 14.3. The Morgan fingerprint density at radius 1 is 0.895 bits per heavy atom. The molecule has 0 aliphatic rings. The molecule has 0 radical (unpaired) electrons. The predicted octanol–water partition coefficient (Wildman–Crippen LogP) is 0.954. The van der Waals surface area contributed by atoms with Crippen molar-refractivity contribution in [3.63, 3.8) is 0 Å². The number of hydrogen-bond donors (Lipinski definition) is 2. The van der Waals surface area contributed by atoms with Gasteiger partial charge in [-0.15, -0.1) is 0 Å². The van der Waals surface area contributed by atoms with Crippen LogP contribution in [0.25, 0.3) is 0 Å². The van der Waals surface area contributed by atoms with Gasteiger partial charge in [0, 0.05) is 0 Å². The lowest BCUT2D eigenvalue weighted by molar-refractivity contribution is 0.305. The van der Waals surface area contributed by atoms with Crippen LogP contribution < -0.4 is 14.9 Å². The van der Waals surface area contributed by atoms with Gasteiger partial charge in [-0.3, -0.25) is 0 Å². The van der Waals surface area contributed by atoms with Crippen molar-refractivity contribution in [2.24, 2.45) is 0 Å². The summed E-state index contributed by atoms with van der Waals surface area (Å²) in [5, 5.41) is 18.0. The molecule has 0 heterocycles. The monoisotopic (exact) mass is 258 g/mol. The number of benzene rings is 2. The van der Waals surface area contributed by atoms with E-state index < -0.39 is 7.12 Å². The molecule has 0 fully saturated rings. The maximum atomic E-state index is 8.98. The quantitative estimate of drug-likeness (QED) is 0.784. The average Bonchev–Trinajstić information content (AvgIpc) is 2.46. The predicted molar refractivity (Wildman–Crippen MR) is 73.6 cm³/mol. The summed E-state index contributed by atoms with van der Waals surface area (Å²) in [7, 11) is 0.184. The topological polar surface area (TPSA) is 58.9 Å². The van der Waals surface area contributed by atoms with E-state index >= 15 is 0 Å². The minimum atomic E-state index is -1.43. The lowest BCUT2D eigenvalue weighted by atomic mass is 9.80. The fourth-order valence-electron chi connectivity index (χ4n) is 1.62. The van der Waals surface area contributed by atoms with Crippen molar-refractivity contribution in [3.05, 3.63) is 54.1 Å². The van der Waals surface area contributed by atoms with E-state index in [4.69, 9.17) is 19.5 Å². The van der Waals surface area contributed by atoms with Crippen LogP contribution in [0.3, 0.4) is 0 Å². The molecule has 2 aromatic carbocycles. The van der Waals surface area contributed by atoms with Crippen molar-refractivity contribution in [1.29, 1.82) is 0 Å². The molecule has 0 amide bonds. The van der Waals surface area contributed by atoms with E-state index in [1.54, 1.807) is 31.4 Å². The van der Waals surface area contributed by atoms with E-state index in [1.807, 2.05) is 24.3 Å². The van der Waals surface area contributed by atoms with E-state index in [0.717, 1.165) is 17.1 Å². The standard InChI is InChI=1S/C14H15BO4/c1-18-13-6-8-14(9-7-13)19-10-11-2-4-12(5-3-11)15(16)17/h2-9,16-17H,10H2,1H3. The first kappa shape index (κ1) is 13.5. The summed E-state index contributed by atoms with van der Waals surface area (Å²) >= 11 is 0. The van der Waals surface area contributed by atoms with E-state index in [0.29, 0.717) is 12.1 Å². The van der Waals surface area contributed by atoms with Crippen LogP contribution in [0, 0.1) is 0 Å². The molecule has 2 N–H and O–H groups in total. The highest BCUT2D eigenvalue weighted by atomic mass is 16.5. The molecule has 2 rings (SSSR count). The van der Waals surface area contributed by atoms with Gasteiger partial charge in [0.25, 0.3) is 0 Å². The zero-order valence-electron chi connectivity index (χ0n) is 10.6. The Bertz CT molecular complexity index is 508. The third-order valence-corrected chi connectivity index (χ3v) is 2.74. The molecule has 0 aliphatic carbocycles. The van der Waals surface area contributed by atoms with Crippen LogP contribution in [0.15, 0.2) is 48.5 Å². The van der Waals surface area contributed by atoms with Crippen LogP contribution in [-0.4, -0.2) is 24.3 Å². The molecule has 0 spiro atoms. The number of ether oxygens (including phenoxy) is 2. The number of methoxy groups -OCH3 is 1. The maximum Gasteiger partial charge on any atom is 0.488 e. The first-order valence-corrected chi connectivity index (χ1v) is 5.91. The van der Waals surface area contributed by atoms with Gasteiger partial charge in [0.2, 0.25) is 0 Å². The fourth-order valence-corrected chi connectivity index (χ4v) is 1.62. The van der Waals surface area contributed by atoms with Gasteiger partial charge in [0.05, 0.1) is 7.11 Å². The van der Waals surface area contributed by atoms with Gasteiger partial charge in [-0.25, -0.2) is 0 Å². The van der Waals surface area contributed by atoms with Gasteiger partial charge in [-0.2, -0.15) is 0 Å². The first-order chi connectivity index (χ1) is 9.19. The SMILES string of the molecule is COc1ccc(OCc2ccc(B(O)O)cc2)cc1. The minimum absolute atomic E-state index is 0.425. The van der Waals surface area contributed by atoms with Gasteiger partial charge in [0.15, 0.2) is 0 Å². The van der Waals surface area contributed by atoms with E-state index in [2.05, 4.69) is 0 Å². The summed E-state index contributed by atoms with van der Waals surface area (Å²) in [5.41, 5.74) is 1.42. The molecule has 19 heavy (non-hydrogen) atoms. The third-order valence-electron chi connectivity index (χ3n) is 2.74. The van der Waals surface area contributed by atoms with Gasteiger partial charge in [0.1, 0.15) is 18.1 Å². The lowest BCUT2D eigenvalue weighted by Crippen LogP contribution is -2.29. The molecular formula is C14H15BO4. The summed E-state index contributed by atoms with van der Waals surface area (Å²) in [4.78, 5) is 0. The number of hydrogen-bond acceptors (Lipinski definition) is 4. The molecule has 0 aromatic heterocycles. The Kier molecular flexibility index (Phi) is 4.44. The molecule has 0 saturated heterocycles. The van der Waals surface area contributed by atoms with Crippen molar-refractivity contribution in [1.82, 2.24) is 0 Å². The fraction of sp³-hybridized carbons (Fsp3) is 0.143. The molecule has 5 heteroatoms. The zero-order chi connectivity index (χ0) is 13.7. The normalized spacial score (nSPS) is 10.1. The molecular weight excluding hydrogens is 243 g/mol. The molecule has 98 valence electrons. The minimum Gasteiger partial charge on any atom is -0.497 e. The van der Waals surface area contributed by atoms with E-state index in [-0.39, 0.29) is 0 Å². The van der Waals surface area contributed by atoms with Crippen LogP contribution in [0.4, 0.5) is 0 Å². The third kappa shape index (κ3) is 3.74. The van der Waals surface area contributed by atoms with Crippen LogP contribution in [0.1, 0.15) is 5.56 Å². The van der Waals surface area contributed by atoms with Gasteiger partial charge >= 0.3 is 7.12 Å². The Balaban J connectivity index is 1.94. The average molecular weight is 258 g/mol. The molecule has 2 aromatic rings. The summed E-state index contributed by atoms with van der Waals surface area (Å²) in [6.07, 6.45) is 0. The summed E-state index contributed by atoms with van der Waals surface area (Å²) in [6.45, 7) is 0.425. The van der Waals surface area contributed by atoms with Crippen molar-refractivity contribution in [2.45, 2.75) is 6.61 Å².